The van der Waals surface area contributed by atoms with Gasteiger partial charge in [-0.15, -0.1) is 0 Å². The van der Waals surface area contributed by atoms with E-state index in [0.717, 1.165) is 6.42 Å². The number of fused-ring (bicyclic) bond motifs is 2. The minimum Gasteiger partial charge on any atom is -0.477 e. The molecule has 0 saturated heterocycles. The molecule has 36 heavy (non-hydrogen) atoms. The van der Waals surface area contributed by atoms with Gasteiger partial charge in [0.25, 0.3) is 0 Å². The predicted octanol–water partition coefficient (Wildman–Crippen LogP) is 4.09. The van der Waals surface area contributed by atoms with Crippen LogP contribution in [0.5, 0.6) is 0 Å². The van der Waals surface area contributed by atoms with Crippen molar-refractivity contribution >= 4 is 50.9 Å². The van der Waals surface area contributed by atoms with Crippen LogP contribution in [0.1, 0.15) is 59.4 Å². The number of para-hydroxylation sites is 2. The number of aromatic carboxylic acids is 1. The molecule has 2 heterocycles. The highest BCUT2D eigenvalue weighted by molar-refractivity contribution is 6.64. The van der Waals surface area contributed by atoms with Gasteiger partial charge in [0.1, 0.15) is 17.5 Å². The van der Waals surface area contributed by atoms with Gasteiger partial charge in [-0.3, -0.25) is 19.2 Å². The molecule has 182 valence electrons. The number of carboxylic acids is 1. The van der Waals surface area contributed by atoms with E-state index in [1.807, 2.05) is 12.1 Å². The molecule has 8 heteroatoms. The second-order valence-electron chi connectivity index (χ2n) is 9.58. The van der Waals surface area contributed by atoms with Crippen molar-refractivity contribution in [1.82, 2.24) is 9.97 Å². The molecule has 5 rings (SSSR count). The number of hydrogen-bond donors (Lipinski definition) is 3. The van der Waals surface area contributed by atoms with Crippen LogP contribution in [0.4, 0.5) is 0 Å². The van der Waals surface area contributed by atoms with Crippen LogP contribution in [-0.4, -0.2) is 44.2 Å². The van der Waals surface area contributed by atoms with E-state index in [9.17, 15) is 29.1 Å². The standard InChI is InChI=1S/C28H24N2O6/c1-13(2)11-12-18-19(14-7-3-5-9-16(14)29-18)21-24(31)26(33)22(27(34)25(21)32)20-15-8-4-6-10-17(15)30-23(20)28(35)36/h3-10,13,21-22,29-30H,11-12H2,1-2H3,(H,35,36). The van der Waals surface area contributed by atoms with Gasteiger partial charge in [-0.05, 0) is 36.5 Å². The normalized spacial score (nSPS) is 18.6. The quantitative estimate of drug-likeness (QED) is 0.278. The van der Waals surface area contributed by atoms with E-state index in [0.29, 0.717) is 45.4 Å². The van der Waals surface area contributed by atoms with E-state index in [1.54, 1.807) is 36.4 Å². The molecule has 4 aromatic rings. The van der Waals surface area contributed by atoms with Gasteiger partial charge in [-0.1, -0.05) is 50.2 Å². The third kappa shape index (κ3) is 3.57. The molecule has 1 aliphatic carbocycles. The van der Waals surface area contributed by atoms with Gasteiger partial charge in [0.05, 0.1) is 0 Å². The van der Waals surface area contributed by atoms with Crippen LogP contribution in [0.25, 0.3) is 21.8 Å². The topological polar surface area (TPSA) is 137 Å². The minimum absolute atomic E-state index is 0.146. The molecule has 0 unspecified atom stereocenters. The molecule has 8 nitrogen and oxygen atoms in total. The average Bonchev–Trinajstić information content (AvgIpc) is 3.41. The molecule has 2 aromatic carbocycles. The number of Topliss-reactive ketones (excluding diaryl/α,β-unsaturated/α-hetero) is 4. The lowest BCUT2D eigenvalue weighted by atomic mass is 9.71. The number of carbonyl (C=O) groups is 5. The summed E-state index contributed by atoms with van der Waals surface area (Å²) in [4.78, 5) is 72.0. The Bertz CT molecular complexity index is 1560. The Hall–Kier alpha value is -4.33. The third-order valence-corrected chi connectivity index (χ3v) is 6.87. The van der Waals surface area contributed by atoms with Gasteiger partial charge in [-0.2, -0.15) is 0 Å². The Morgan fingerprint density at radius 3 is 1.78 bits per heavy atom. The minimum atomic E-state index is -1.80. The number of benzene rings is 2. The number of carbonyl (C=O) groups excluding carboxylic acids is 4. The number of aromatic amines is 2. The second kappa shape index (κ2) is 8.71. The summed E-state index contributed by atoms with van der Waals surface area (Å²) in [6.07, 6.45) is 1.31. The average molecular weight is 485 g/mol. The lowest BCUT2D eigenvalue weighted by Gasteiger charge is -2.25. The lowest BCUT2D eigenvalue weighted by molar-refractivity contribution is -0.150. The van der Waals surface area contributed by atoms with Crippen molar-refractivity contribution in [3.05, 3.63) is 71.0 Å². The van der Waals surface area contributed by atoms with E-state index in [4.69, 9.17) is 0 Å². The molecule has 0 amide bonds. The second-order valence-corrected chi connectivity index (χ2v) is 9.58. The summed E-state index contributed by atoms with van der Waals surface area (Å²) in [6, 6.07) is 13.6. The molecule has 2 aromatic heterocycles. The summed E-state index contributed by atoms with van der Waals surface area (Å²) in [5.41, 5.74) is 1.57. The third-order valence-electron chi connectivity index (χ3n) is 6.87. The molecule has 0 bridgehead atoms. The fourth-order valence-electron chi connectivity index (χ4n) is 5.14. The predicted molar refractivity (Wildman–Crippen MR) is 132 cm³/mol. The zero-order chi connectivity index (χ0) is 25.7. The van der Waals surface area contributed by atoms with Gasteiger partial charge in [-0.25, -0.2) is 4.79 Å². The zero-order valence-electron chi connectivity index (χ0n) is 19.8. The summed E-state index contributed by atoms with van der Waals surface area (Å²) >= 11 is 0. The fraction of sp³-hybridized carbons (Fsp3) is 0.250. The molecule has 0 radical (unpaired) electrons. The number of carboxylic acid groups (broad SMARTS) is 1. The van der Waals surface area contributed by atoms with Crippen LogP contribution in [0.2, 0.25) is 0 Å². The summed E-state index contributed by atoms with van der Waals surface area (Å²) in [7, 11) is 0. The monoisotopic (exact) mass is 484 g/mol. The summed E-state index contributed by atoms with van der Waals surface area (Å²) in [5, 5.41) is 10.7. The highest BCUT2D eigenvalue weighted by Crippen LogP contribution is 2.40. The first-order valence-corrected chi connectivity index (χ1v) is 11.8. The van der Waals surface area contributed by atoms with Crippen LogP contribution >= 0.6 is 0 Å². The van der Waals surface area contributed by atoms with Crippen molar-refractivity contribution < 1.29 is 29.1 Å². The Labute approximate surface area is 205 Å². The number of hydrogen-bond acceptors (Lipinski definition) is 5. The molecule has 0 aliphatic heterocycles. The molecule has 1 fully saturated rings. The van der Waals surface area contributed by atoms with Crippen molar-refractivity contribution in [1.29, 1.82) is 0 Å². The van der Waals surface area contributed by atoms with E-state index >= 15 is 0 Å². The van der Waals surface area contributed by atoms with Gasteiger partial charge >= 0.3 is 5.97 Å². The Kier molecular flexibility index (Phi) is 5.67. The molecule has 3 N–H and O–H groups in total. The van der Waals surface area contributed by atoms with Crippen LogP contribution < -0.4 is 0 Å². The van der Waals surface area contributed by atoms with Crippen molar-refractivity contribution in [2.75, 3.05) is 0 Å². The van der Waals surface area contributed by atoms with Crippen molar-refractivity contribution in [2.24, 2.45) is 5.92 Å². The summed E-state index contributed by atoms with van der Waals surface area (Å²) < 4.78 is 0. The number of ketones is 4. The number of aromatic nitrogens is 2. The van der Waals surface area contributed by atoms with E-state index in [1.165, 1.54) is 0 Å². The highest BCUT2D eigenvalue weighted by Gasteiger charge is 2.52. The Morgan fingerprint density at radius 1 is 0.778 bits per heavy atom. The van der Waals surface area contributed by atoms with Gasteiger partial charge in [0, 0.05) is 33.1 Å². The fourth-order valence-corrected chi connectivity index (χ4v) is 5.14. The number of aryl methyl sites for hydroxylation is 1. The highest BCUT2D eigenvalue weighted by atomic mass is 16.4. The first-order chi connectivity index (χ1) is 17.2. The first kappa shape index (κ1) is 23.4. The van der Waals surface area contributed by atoms with E-state index in [-0.39, 0.29) is 11.3 Å². The maximum absolute atomic E-state index is 13.5. The zero-order valence-corrected chi connectivity index (χ0v) is 19.8. The van der Waals surface area contributed by atoms with Crippen LogP contribution in [0.3, 0.4) is 0 Å². The van der Waals surface area contributed by atoms with Gasteiger partial charge < -0.3 is 15.1 Å². The first-order valence-electron chi connectivity index (χ1n) is 11.8. The smallest absolute Gasteiger partial charge is 0.352 e. The van der Waals surface area contributed by atoms with Gasteiger partial charge in [0.2, 0.25) is 23.1 Å². The summed E-state index contributed by atoms with van der Waals surface area (Å²) in [6.45, 7) is 4.11. The van der Waals surface area contributed by atoms with Crippen molar-refractivity contribution in [3.63, 3.8) is 0 Å². The lowest BCUT2D eigenvalue weighted by Crippen LogP contribution is -2.46. The van der Waals surface area contributed by atoms with Crippen molar-refractivity contribution in [3.8, 4) is 0 Å². The molecule has 0 spiro atoms. The molecule has 1 aliphatic rings. The van der Waals surface area contributed by atoms with E-state index in [2.05, 4.69) is 23.8 Å². The number of H-pyrrole nitrogens is 2. The molecular weight excluding hydrogens is 460 g/mol. The molecule has 0 atom stereocenters. The largest absolute Gasteiger partial charge is 0.477 e. The summed E-state index contributed by atoms with van der Waals surface area (Å²) in [5.74, 6) is -8.54. The maximum atomic E-state index is 13.5. The maximum Gasteiger partial charge on any atom is 0.352 e. The van der Waals surface area contributed by atoms with Crippen molar-refractivity contribution in [2.45, 2.75) is 38.5 Å². The SMILES string of the molecule is CC(C)CCc1[nH]c2ccccc2c1C1C(=O)C(=O)C(c2c(C(=O)O)[nH]c3ccccc23)C(=O)C1=O. The molecular formula is C28H24N2O6. The molecule has 1 saturated carbocycles. The van der Waals surface area contributed by atoms with Crippen LogP contribution in [0.15, 0.2) is 48.5 Å². The Morgan fingerprint density at radius 2 is 1.25 bits per heavy atom. The van der Waals surface area contributed by atoms with Gasteiger partial charge in [0.15, 0.2) is 0 Å². The Balaban J connectivity index is 1.65. The number of nitrogens with one attached hydrogen (secondary N) is 2. The van der Waals surface area contributed by atoms with E-state index < -0.39 is 40.9 Å². The van der Waals surface area contributed by atoms with Crippen LogP contribution in [0, 0.1) is 5.92 Å². The number of rotatable bonds is 6. The van der Waals surface area contributed by atoms with Crippen LogP contribution in [-0.2, 0) is 25.6 Å².